The molecule has 8 nitrogen and oxygen atoms in total. The van der Waals surface area contributed by atoms with E-state index < -0.39 is 6.10 Å². The van der Waals surface area contributed by atoms with E-state index in [4.69, 9.17) is 18.6 Å². The summed E-state index contributed by atoms with van der Waals surface area (Å²) in [5, 5.41) is 7.84. The zero-order chi connectivity index (χ0) is 17.4. The average Bonchev–Trinajstić information content (AvgIpc) is 3.22. The van der Waals surface area contributed by atoms with Crippen LogP contribution >= 0.6 is 0 Å². The Hall–Kier alpha value is -2.61. The molecule has 0 aliphatic carbocycles. The van der Waals surface area contributed by atoms with Crippen LogP contribution in [0.3, 0.4) is 0 Å². The molecule has 0 bridgehead atoms. The van der Waals surface area contributed by atoms with Gasteiger partial charge in [0.05, 0.1) is 19.1 Å². The Morgan fingerprint density at radius 2 is 2.08 bits per heavy atom. The summed E-state index contributed by atoms with van der Waals surface area (Å²) in [4.78, 5) is 14.5. The summed E-state index contributed by atoms with van der Waals surface area (Å²) >= 11 is 0. The fourth-order valence-electron chi connectivity index (χ4n) is 3.07. The molecule has 2 aliphatic rings. The Bertz CT molecular complexity index is 790. The van der Waals surface area contributed by atoms with E-state index >= 15 is 0 Å². The second kappa shape index (κ2) is 6.36. The molecular weight excluding hydrogens is 326 g/mol. The van der Waals surface area contributed by atoms with Crippen molar-refractivity contribution in [1.29, 1.82) is 0 Å². The van der Waals surface area contributed by atoms with Gasteiger partial charge in [-0.25, -0.2) is 0 Å². The van der Waals surface area contributed by atoms with Crippen molar-refractivity contribution in [3.63, 3.8) is 0 Å². The number of ether oxygens (including phenoxy) is 3. The molecule has 0 spiro atoms. The van der Waals surface area contributed by atoms with Gasteiger partial charge >= 0.3 is 0 Å². The van der Waals surface area contributed by atoms with Gasteiger partial charge in [-0.05, 0) is 24.6 Å². The van der Waals surface area contributed by atoms with Crippen LogP contribution in [0.1, 0.15) is 30.4 Å². The highest BCUT2D eigenvalue weighted by Crippen LogP contribution is 2.33. The van der Waals surface area contributed by atoms with E-state index in [2.05, 4.69) is 10.2 Å². The molecule has 8 heteroatoms. The molecule has 2 aliphatic heterocycles. The first kappa shape index (κ1) is 15.9. The van der Waals surface area contributed by atoms with E-state index in [0.717, 1.165) is 5.56 Å². The van der Waals surface area contributed by atoms with Gasteiger partial charge in [-0.3, -0.25) is 4.79 Å². The van der Waals surface area contributed by atoms with Crippen molar-refractivity contribution < 1.29 is 23.4 Å². The quantitative estimate of drug-likeness (QED) is 0.835. The number of hydrogen-bond acceptors (Lipinski definition) is 7. The molecule has 1 saturated heterocycles. The summed E-state index contributed by atoms with van der Waals surface area (Å²) < 4.78 is 22.0. The number of nitrogens with zero attached hydrogens (tertiary/aromatic N) is 3. The van der Waals surface area contributed by atoms with Crippen LogP contribution in [0, 0.1) is 6.92 Å². The standard InChI is InChI=1S/C17H19N3O5/c1-10-7-20(8-15(24-10)17-19-18-11(2)25-17)16(21)6-12-3-4-13-14(5-12)23-9-22-13/h3-5,10,15H,6-9H2,1-2H3/t10-,15-/m1/s1. The first-order chi connectivity index (χ1) is 12.1. The van der Waals surface area contributed by atoms with Gasteiger partial charge in [-0.2, -0.15) is 0 Å². The Morgan fingerprint density at radius 1 is 1.24 bits per heavy atom. The molecule has 0 saturated carbocycles. The summed E-state index contributed by atoms with van der Waals surface area (Å²) in [6, 6.07) is 5.56. The molecular formula is C17H19N3O5. The summed E-state index contributed by atoms with van der Waals surface area (Å²) in [7, 11) is 0. The normalized spacial score (nSPS) is 22.2. The number of aryl methyl sites for hydroxylation is 1. The van der Waals surface area contributed by atoms with Gasteiger partial charge < -0.3 is 23.5 Å². The minimum Gasteiger partial charge on any atom is -0.454 e. The summed E-state index contributed by atoms with van der Waals surface area (Å²) in [6.07, 6.45) is -0.212. The van der Waals surface area contributed by atoms with E-state index in [1.54, 1.807) is 11.8 Å². The maximum atomic E-state index is 12.7. The molecule has 0 unspecified atom stereocenters. The molecule has 2 atom stereocenters. The SMILES string of the molecule is Cc1nnc([C@H]2CN(C(=O)Cc3ccc4c(c3)OCO4)C[C@@H](C)O2)o1. The fraction of sp³-hybridized carbons (Fsp3) is 0.471. The molecule has 2 aromatic rings. The molecule has 3 heterocycles. The van der Waals surface area contributed by atoms with E-state index in [9.17, 15) is 4.79 Å². The average molecular weight is 345 g/mol. The zero-order valence-corrected chi connectivity index (χ0v) is 14.1. The first-order valence-corrected chi connectivity index (χ1v) is 8.20. The maximum Gasteiger partial charge on any atom is 0.247 e. The number of carbonyl (C=O) groups excluding carboxylic acids is 1. The number of aromatic nitrogens is 2. The molecule has 1 aromatic heterocycles. The molecule has 0 radical (unpaired) electrons. The lowest BCUT2D eigenvalue weighted by atomic mass is 10.1. The topological polar surface area (TPSA) is 86.9 Å². The molecule has 1 amide bonds. The van der Waals surface area contributed by atoms with Crippen LogP contribution in [0.2, 0.25) is 0 Å². The minimum atomic E-state index is -0.398. The van der Waals surface area contributed by atoms with Crippen LogP contribution in [0.25, 0.3) is 0 Å². The van der Waals surface area contributed by atoms with Gasteiger partial charge in [0, 0.05) is 13.5 Å². The maximum absolute atomic E-state index is 12.7. The van der Waals surface area contributed by atoms with Gasteiger partial charge in [0.15, 0.2) is 17.6 Å². The van der Waals surface area contributed by atoms with Crippen molar-refractivity contribution in [1.82, 2.24) is 15.1 Å². The van der Waals surface area contributed by atoms with Crippen molar-refractivity contribution in [2.75, 3.05) is 19.9 Å². The molecule has 1 aromatic carbocycles. The third-order valence-electron chi connectivity index (χ3n) is 4.22. The third-order valence-corrected chi connectivity index (χ3v) is 4.22. The predicted octanol–water partition coefficient (Wildman–Crippen LogP) is 1.64. The van der Waals surface area contributed by atoms with Gasteiger partial charge in [-0.15, -0.1) is 10.2 Å². The number of fused-ring (bicyclic) bond motifs is 1. The highest BCUT2D eigenvalue weighted by molar-refractivity contribution is 5.79. The highest BCUT2D eigenvalue weighted by atomic mass is 16.7. The summed E-state index contributed by atoms with van der Waals surface area (Å²) in [5.74, 6) is 2.30. The van der Waals surface area contributed by atoms with E-state index in [0.29, 0.717) is 42.8 Å². The lowest BCUT2D eigenvalue weighted by Gasteiger charge is -2.35. The summed E-state index contributed by atoms with van der Waals surface area (Å²) in [6.45, 7) is 4.81. The predicted molar refractivity (Wildman–Crippen MR) is 85.2 cm³/mol. The number of carbonyl (C=O) groups is 1. The number of amides is 1. The molecule has 1 fully saturated rings. The minimum absolute atomic E-state index is 0.0234. The first-order valence-electron chi connectivity index (χ1n) is 8.20. The van der Waals surface area contributed by atoms with Crippen LogP contribution in [-0.2, 0) is 16.0 Å². The Morgan fingerprint density at radius 3 is 2.88 bits per heavy atom. The monoisotopic (exact) mass is 345 g/mol. The van der Waals surface area contributed by atoms with Crippen LogP contribution in [-0.4, -0.2) is 47.0 Å². The van der Waals surface area contributed by atoms with Gasteiger partial charge in [0.1, 0.15) is 0 Å². The lowest BCUT2D eigenvalue weighted by molar-refractivity contribution is -0.145. The largest absolute Gasteiger partial charge is 0.454 e. The second-order valence-electron chi connectivity index (χ2n) is 6.26. The van der Waals surface area contributed by atoms with E-state index in [-0.39, 0.29) is 18.8 Å². The Kier molecular flexibility index (Phi) is 4.04. The molecule has 4 rings (SSSR count). The molecule has 0 N–H and O–H groups in total. The zero-order valence-electron chi connectivity index (χ0n) is 14.1. The van der Waals surface area contributed by atoms with Gasteiger partial charge in [-0.1, -0.05) is 6.07 Å². The Labute approximate surface area is 144 Å². The van der Waals surface area contributed by atoms with Crippen molar-refractivity contribution in [2.45, 2.75) is 32.5 Å². The van der Waals surface area contributed by atoms with Crippen molar-refractivity contribution >= 4 is 5.91 Å². The van der Waals surface area contributed by atoms with Crippen LogP contribution in [0.5, 0.6) is 11.5 Å². The van der Waals surface area contributed by atoms with E-state index in [1.165, 1.54) is 0 Å². The smallest absolute Gasteiger partial charge is 0.247 e. The van der Waals surface area contributed by atoms with Crippen molar-refractivity contribution in [3.8, 4) is 11.5 Å². The number of benzene rings is 1. The van der Waals surface area contributed by atoms with Gasteiger partial charge in [0.2, 0.25) is 24.5 Å². The Balaban J connectivity index is 1.45. The fourth-order valence-corrected chi connectivity index (χ4v) is 3.07. The van der Waals surface area contributed by atoms with Crippen molar-refractivity contribution in [2.24, 2.45) is 0 Å². The lowest BCUT2D eigenvalue weighted by Crippen LogP contribution is -2.46. The van der Waals surface area contributed by atoms with Crippen molar-refractivity contribution in [3.05, 3.63) is 35.5 Å². The molecule has 132 valence electrons. The number of morpholine rings is 1. The number of hydrogen-bond donors (Lipinski definition) is 0. The van der Waals surface area contributed by atoms with Crippen LogP contribution in [0.15, 0.2) is 22.6 Å². The summed E-state index contributed by atoms with van der Waals surface area (Å²) in [5.41, 5.74) is 0.888. The van der Waals surface area contributed by atoms with Crippen LogP contribution in [0.4, 0.5) is 0 Å². The highest BCUT2D eigenvalue weighted by Gasteiger charge is 2.32. The third kappa shape index (κ3) is 3.30. The second-order valence-corrected chi connectivity index (χ2v) is 6.26. The van der Waals surface area contributed by atoms with Crippen LogP contribution < -0.4 is 9.47 Å². The molecule has 25 heavy (non-hydrogen) atoms. The van der Waals surface area contributed by atoms with E-state index in [1.807, 2.05) is 25.1 Å². The van der Waals surface area contributed by atoms with Gasteiger partial charge in [0.25, 0.3) is 0 Å². The number of rotatable bonds is 3.